The van der Waals surface area contributed by atoms with E-state index in [1.54, 1.807) is 60.7 Å². The third-order valence-corrected chi connectivity index (χ3v) is 8.15. The van der Waals surface area contributed by atoms with E-state index in [2.05, 4.69) is 9.89 Å². The Balaban J connectivity index is 1.43. The average molecular weight is 540 g/mol. The second-order valence-electron chi connectivity index (χ2n) is 9.32. The highest BCUT2D eigenvalue weighted by molar-refractivity contribution is 7.93. The molecule has 38 heavy (non-hydrogen) atoms. The molecular formula is C27H33N5O5S. The minimum absolute atomic E-state index is 0.0670. The van der Waals surface area contributed by atoms with Crippen LogP contribution in [0, 0.1) is 5.41 Å². The SMILES string of the molecule is N=C(N)c1cccc(C=CCN(c2ccc(OC3CCN(C4=NCCC4)CC3)cc2)S(=O)(=O)CC(=O)O)c1. The molecule has 11 heteroatoms. The molecule has 202 valence electrons. The summed E-state index contributed by atoms with van der Waals surface area (Å²) in [7, 11) is -4.13. The molecule has 1 fully saturated rings. The standard InChI is InChI=1S/C27H33N5O5S/c28-27(29)21-6-1-4-20(18-21)5-3-15-32(38(35,36)19-26(33)34)22-8-10-23(11-9-22)37-24-12-16-31(17-13-24)25-7-2-14-30-25/h1,3-6,8-11,18,24H,2,7,12-17,19H2,(H3,28,29)(H,33,34). The van der Waals surface area contributed by atoms with Crippen molar-refractivity contribution in [2.75, 3.05) is 36.2 Å². The van der Waals surface area contributed by atoms with Gasteiger partial charge in [0.2, 0.25) is 10.0 Å². The van der Waals surface area contributed by atoms with Crippen molar-refractivity contribution in [1.82, 2.24) is 4.90 Å². The van der Waals surface area contributed by atoms with E-state index in [1.807, 2.05) is 0 Å². The van der Waals surface area contributed by atoms with Crippen molar-refractivity contribution in [3.8, 4) is 5.75 Å². The Morgan fingerprint density at radius 2 is 1.95 bits per heavy atom. The Hall–Kier alpha value is -3.86. The van der Waals surface area contributed by atoms with Crippen LogP contribution in [0.1, 0.15) is 36.8 Å². The highest BCUT2D eigenvalue weighted by atomic mass is 32.2. The van der Waals surface area contributed by atoms with Crippen molar-refractivity contribution in [2.45, 2.75) is 31.8 Å². The summed E-state index contributed by atoms with van der Waals surface area (Å²) >= 11 is 0. The number of aliphatic imine (C=N–C) groups is 1. The van der Waals surface area contributed by atoms with Crippen LogP contribution >= 0.6 is 0 Å². The zero-order chi connectivity index (χ0) is 27.1. The lowest BCUT2D eigenvalue weighted by atomic mass is 10.1. The third kappa shape index (κ3) is 7.12. The van der Waals surface area contributed by atoms with Gasteiger partial charge in [0.25, 0.3) is 0 Å². The van der Waals surface area contributed by atoms with Crippen molar-refractivity contribution in [3.63, 3.8) is 0 Å². The third-order valence-electron chi connectivity index (χ3n) is 6.51. The van der Waals surface area contributed by atoms with Crippen molar-refractivity contribution in [1.29, 1.82) is 5.41 Å². The van der Waals surface area contributed by atoms with E-state index in [0.717, 1.165) is 55.2 Å². The number of nitrogens with one attached hydrogen (secondary N) is 1. The van der Waals surface area contributed by atoms with Gasteiger partial charge in [-0.15, -0.1) is 0 Å². The number of nitrogens with two attached hydrogens (primary N) is 1. The summed E-state index contributed by atoms with van der Waals surface area (Å²) in [5.41, 5.74) is 7.17. The molecule has 1 saturated heterocycles. The number of sulfonamides is 1. The van der Waals surface area contributed by atoms with Crippen LogP contribution in [0.5, 0.6) is 5.75 Å². The van der Waals surface area contributed by atoms with E-state index in [9.17, 15) is 13.2 Å². The van der Waals surface area contributed by atoms with Crippen molar-refractivity contribution >= 4 is 39.4 Å². The first kappa shape index (κ1) is 27.2. The number of likely N-dealkylation sites (tertiary alicyclic amines) is 1. The Morgan fingerprint density at radius 1 is 1.21 bits per heavy atom. The van der Waals surface area contributed by atoms with Gasteiger partial charge < -0.3 is 20.5 Å². The van der Waals surface area contributed by atoms with Gasteiger partial charge in [-0.05, 0) is 42.3 Å². The number of nitrogens with zero attached hydrogens (tertiary/aromatic N) is 3. The largest absolute Gasteiger partial charge is 0.490 e. The minimum Gasteiger partial charge on any atom is -0.490 e. The Labute approximate surface area is 223 Å². The van der Waals surface area contributed by atoms with Crippen LogP contribution in [0.25, 0.3) is 6.08 Å². The number of hydrogen-bond donors (Lipinski definition) is 3. The lowest BCUT2D eigenvalue weighted by molar-refractivity contribution is -0.134. The van der Waals surface area contributed by atoms with Crippen molar-refractivity contribution in [2.24, 2.45) is 10.7 Å². The molecule has 4 N–H and O–H groups in total. The molecule has 4 rings (SSSR count). The van der Waals surface area contributed by atoms with Gasteiger partial charge in [-0.3, -0.25) is 19.5 Å². The first-order valence-corrected chi connectivity index (χ1v) is 14.2. The maximum atomic E-state index is 12.9. The number of piperidine rings is 1. The van der Waals surface area contributed by atoms with Crippen molar-refractivity contribution in [3.05, 3.63) is 65.7 Å². The minimum atomic E-state index is -4.13. The lowest BCUT2D eigenvalue weighted by Crippen LogP contribution is -2.41. The molecule has 0 atom stereocenters. The Bertz CT molecular complexity index is 1320. The summed E-state index contributed by atoms with van der Waals surface area (Å²) in [5, 5.41) is 16.7. The molecule has 0 radical (unpaired) electrons. The van der Waals surface area contributed by atoms with Gasteiger partial charge in [0.15, 0.2) is 5.75 Å². The molecule has 2 aromatic carbocycles. The second-order valence-corrected chi connectivity index (χ2v) is 11.2. The molecule has 0 amide bonds. The average Bonchev–Trinajstić information content (AvgIpc) is 3.42. The molecule has 2 aromatic rings. The monoisotopic (exact) mass is 539 g/mol. The van der Waals surface area contributed by atoms with Gasteiger partial charge in [0.1, 0.15) is 17.7 Å². The molecular weight excluding hydrogens is 506 g/mol. The molecule has 0 aromatic heterocycles. The van der Waals surface area contributed by atoms with E-state index < -0.39 is 21.7 Å². The van der Waals surface area contributed by atoms with Crippen LogP contribution < -0.4 is 14.8 Å². The van der Waals surface area contributed by atoms with Crippen LogP contribution in [-0.2, 0) is 14.8 Å². The van der Waals surface area contributed by atoms with Crippen LogP contribution in [0.4, 0.5) is 5.69 Å². The van der Waals surface area contributed by atoms with E-state index in [-0.39, 0.29) is 18.5 Å². The second kappa shape index (κ2) is 12.1. The number of benzene rings is 2. The lowest BCUT2D eigenvalue weighted by Gasteiger charge is -2.33. The molecule has 2 aliphatic rings. The summed E-state index contributed by atoms with van der Waals surface area (Å²) in [6.45, 7) is 2.66. The van der Waals surface area contributed by atoms with Crippen LogP contribution in [0.15, 0.2) is 59.6 Å². The number of carbonyl (C=O) groups is 1. The number of amidine groups is 2. The van der Waals surface area contributed by atoms with Crippen molar-refractivity contribution < 1.29 is 23.1 Å². The number of anilines is 1. The zero-order valence-electron chi connectivity index (χ0n) is 21.1. The van der Waals surface area contributed by atoms with E-state index in [1.165, 1.54) is 5.84 Å². The van der Waals surface area contributed by atoms with Gasteiger partial charge >= 0.3 is 5.97 Å². The van der Waals surface area contributed by atoms with E-state index in [0.29, 0.717) is 17.0 Å². The maximum Gasteiger partial charge on any atom is 0.320 e. The molecule has 10 nitrogen and oxygen atoms in total. The fourth-order valence-electron chi connectivity index (χ4n) is 4.61. The van der Waals surface area contributed by atoms with Crippen LogP contribution in [-0.4, -0.2) is 74.1 Å². The normalized spacial score (nSPS) is 16.4. The van der Waals surface area contributed by atoms with Crippen LogP contribution in [0.3, 0.4) is 0 Å². The first-order chi connectivity index (χ1) is 18.2. The Kier molecular flexibility index (Phi) is 8.67. The predicted molar refractivity (Wildman–Crippen MR) is 148 cm³/mol. The number of carboxylic acid groups (broad SMARTS) is 1. The first-order valence-electron chi connectivity index (χ1n) is 12.6. The molecule has 0 unspecified atom stereocenters. The molecule has 0 aliphatic carbocycles. The number of rotatable bonds is 10. The predicted octanol–water partition coefficient (Wildman–Crippen LogP) is 2.94. The Morgan fingerprint density at radius 3 is 2.58 bits per heavy atom. The quantitative estimate of drug-likeness (QED) is 0.310. The molecule has 2 heterocycles. The van der Waals surface area contributed by atoms with Gasteiger partial charge in [0, 0.05) is 44.5 Å². The van der Waals surface area contributed by atoms with Crippen LogP contribution in [0.2, 0.25) is 0 Å². The highest BCUT2D eigenvalue weighted by Gasteiger charge is 2.26. The summed E-state index contributed by atoms with van der Waals surface area (Å²) < 4.78 is 33.0. The molecule has 0 bridgehead atoms. The van der Waals surface area contributed by atoms with Gasteiger partial charge in [0.05, 0.1) is 18.1 Å². The zero-order valence-corrected chi connectivity index (χ0v) is 21.9. The fraction of sp³-hybridized carbons (Fsp3) is 0.370. The number of hydrogen-bond acceptors (Lipinski definition) is 7. The topological polar surface area (TPSA) is 149 Å². The van der Waals surface area contributed by atoms with Gasteiger partial charge in [-0.1, -0.05) is 30.4 Å². The molecule has 2 aliphatic heterocycles. The van der Waals surface area contributed by atoms with E-state index in [4.69, 9.17) is 21.0 Å². The number of aliphatic carboxylic acids is 1. The summed E-state index contributed by atoms with van der Waals surface area (Å²) in [6.07, 6.45) is 7.35. The number of nitrogen functional groups attached to an aromatic ring is 1. The number of carboxylic acids is 1. The summed E-state index contributed by atoms with van der Waals surface area (Å²) in [4.78, 5) is 18.2. The summed E-state index contributed by atoms with van der Waals surface area (Å²) in [5.74, 6) is -0.679. The fourth-order valence-corrected chi connectivity index (χ4v) is 5.83. The highest BCUT2D eigenvalue weighted by Crippen LogP contribution is 2.26. The maximum absolute atomic E-state index is 12.9. The molecule has 0 spiro atoms. The van der Waals surface area contributed by atoms with Gasteiger partial charge in [-0.25, -0.2) is 8.42 Å². The van der Waals surface area contributed by atoms with Gasteiger partial charge in [-0.2, -0.15) is 0 Å². The smallest absolute Gasteiger partial charge is 0.320 e. The molecule has 0 saturated carbocycles. The summed E-state index contributed by atoms with van der Waals surface area (Å²) in [6, 6.07) is 13.7. The van der Waals surface area contributed by atoms with E-state index >= 15 is 0 Å². The number of ether oxygens (including phenoxy) is 1.